The number of hydrogen-bond acceptors (Lipinski definition) is 4. The van der Waals surface area contributed by atoms with Crippen LogP contribution in [-0.2, 0) is 14.2 Å². The van der Waals surface area contributed by atoms with Gasteiger partial charge in [-0.15, -0.1) is 0 Å². The maximum absolute atomic E-state index is 14.6. The summed E-state index contributed by atoms with van der Waals surface area (Å²) in [5.74, 6) is -0.592. The Bertz CT molecular complexity index is 641. The largest absolute Gasteiger partial charge is 0.462 e. The maximum atomic E-state index is 14.6. The fourth-order valence-electron chi connectivity index (χ4n) is 4.08. The molecule has 0 saturated carbocycles. The van der Waals surface area contributed by atoms with Crippen molar-refractivity contribution in [3.05, 3.63) is 35.1 Å². The van der Waals surface area contributed by atoms with Crippen LogP contribution in [0.1, 0.15) is 120 Å². The summed E-state index contributed by atoms with van der Waals surface area (Å²) in [5.41, 5.74) is 0.574. The summed E-state index contributed by atoms with van der Waals surface area (Å²) in [6.07, 6.45) is 14.8. The molecule has 0 aliphatic carbocycles. The van der Waals surface area contributed by atoms with E-state index in [1.807, 2.05) is 0 Å². The van der Waals surface area contributed by atoms with Gasteiger partial charge in [0.1, 0.15) is 5.82 Å². The van der Waals surface area contributed by atoms with Gasteiger partial charge in [0.15, 0.2) is 6.29 Å². The van der Waals surface area contributed by atoms with Gasteiger partial charge < -0.3 is 14.2 Å². The number of ether oxygens (including phenoxy) is 3. The van der Waals surface area contributed by atoms with Gasteiger partial charge >= 0.3 is 5.97 Å². The Morgan fingerprint density at radius 1 is 0.906 bits per heavy atom. The van der Waals surface area contributed by atoms with Crippen LogP contribution in [0.5, 0.6) is 0 Å². The lowest BCUT2D eigenvalue weighted by molar-refractivity contribution is -0.207. The van der Waals surface area contributed by atoms with Crippen LogP contribution < -0.4 is 0 Å². The molecular weight excluding hydrogens is 407 g/mol. The summed E-state index contributed by atoms with van der Waals surface area (Å²) < 4.78 is 31.5. The van der Waals surface area contributed by atoms with E-state index in [1.54, 1.807) is 12.1 Å². The van der Waals surface area contributed by atoms with Crippen LogP contribution >= 0.6 is 0 Å². The van der Waals surface area contributed by atoms with Crippen LogP contribution in [0, 0.1) is 11.7 Å². The molecule has 0 N–H and O–H groups in total. The fraction of sp³-hybridized carbons (Fsp3) is 0.741. The molecule has 0 aromatic heterocycles. The van der Waals surface area contributed by atoms with Gasteiger partial charge in [-0.05, 0) is 25.0 Å². The minimum absolute atomic E-state index is 0.231. The van der Waals surface area contributed by atoms with Gasteiger partial charge in [-0.25, -0.2) is 9.18 Å². The molecule has 0 amide bonds. The van der Waals surface area contributed by atoms with Crippen LogP contribution in [0.2, 0.25) is 0 Å². The Labute approximate surface area is 194 Å². The van der Waals surface area contributed by atoms with E-state index in [0.29, 0.717) is 31.3 Å². The summed E-state index contributed by atoms with van der Waals surface area (Å²) in [7, 11) is 0. The lowest BCUT2D eigenvalue weighted by atomic mass is 10.0. The molecule has 1 aromatic carbocycles. The predicted octanol–water partition coefficient (Wildman–Crippen LogP) is 7.76. The van der Waals surface area contributed by atoms with E-state index in [2.05, 4.69) is 13.8 Å². The lowest BCUT2D eigenvalue weighted by Crippen LogP contribution is -2.27. The first-order chi connectivity index (χ1) is 15.7. The average molecular weight is 451 g/mol. The quantitative estimate of drug-likeness (QED) is 0.191. The number of benzene rings is 1. The first-order valence-electron chi connectivity index (χ1n) is 12.9. The fourth-order valence-corrected chi connectivity index (χ4v) is 4.08. The molecule has 2 rings (SSSR count). The monoisotopic (exact) mass is 450 g/mol. The van der Waals surface area contributed by atoms with Crippen molar-refractivity contribution >= 4 is 5.97 Å². The number of carbonyl (C=O) groups excluding carboxylic acids is 1. The number of halogens is 1. The molecule has 1 aliphatic heterocycles. The highest BCUT2D eigenvalue weighted by Gasteiger charge is 2.26. The summed E-state index contributed by atoms with van der Waals surface area (Å²) >= 11 is 0. The van der Waals surface area contributed by atoms with Gasteiger partial charge in [0.2, 0.25) is 0 Å². The smallest absolute Gasteiger partial charge is 0.338 e. The summed E-state index contributed by atoms with van der Waals surface area (Å²) in [6.45, 7) is 5.97. The summed E-state index contributed by atoms with van der Waals surface area (Å²) in [4.78, 5) is 12.2. The molecular formula is C27H43FO4. The van der Waals surface area contributed by atoms with Gasteiger partial charge in [0.25, 0.3) is 0 Å². The van der Waals surface area contributed by atoms with Crippen molar-refractivity contribution in [2.75, 3.05) is 19.8 Å². The minimum atomic E-state index is -0.705. The molecule has 1 fully saturated rings. The third-order valence-corrected chi connectivity index (χ3v) is 6.15. The number of rotatable bonds is 16. The molecule has 0 atom stereocenters. The Morgan fingerprint density at radius 2 is 1.50 bits per heavy atom. The molecule has 0 spiro atoms. The molecule has 4 nitrogen and oxygen atoms in total. The average Bonchev–Trinajstić information content (AvgIpc) is 2.81. The molecule has 1 aromatic rings. The topological polar surface area (TPSA) is 44.8 Å². The Kier molecular flexibility index (Phi) is 13.6. The molecule has 32 heavy (non-hydrogen) atoms. The van der Waals surface area contributed by atoms with E-state index in [0.717, 1.165) is 19.3 Å². The van der Waals surface area contributed by atoms with Gasteiger partial charge in [0.05, 0.1) is 25.4 Å². The standard InChI is InChI=1S/C27H43FO4/c1-3-5-7-9-10-12-14-18-30-26(29)23-16-17-24(25(28)19-23)27-31-20-22(21-32-27)15-13-11-8-6-4-2/h16-17,19,22,27H,3-15,18,20-21H2,1-2H3. The Hall–Kier alpha value is -1.46. The second-order valence-corrected chi connectivity index (χ2v) is 9.06. The minimum Gasteiger partial charge on any atom is -0.462 e. The van der Waals surface area contributed by atoms with Crippen molar-refractivity contribution < 1.29 is 23.4 Å². The van der Waals surface area contributed by atoms with Crippen LogP contribution in [0.25, 0.3) is 0 Å². The SMILES string of the molecule is CCCCCCCCCOC(=O)c1ccc(C2OCC(CCCCCCC)CO2)c(F)c1. The first kappa shape index (κ1) is 26.8. The van der Waals surface area contributed by atoms with Crippen LogP contribution in [0.4, 0.5) is 4.39 Å². The van der Waals surface area contributed by atoms with Crippen molar-refractivity contribution in [1.29, 1.82) is 0 Å². The van der Waals surface area contributed by atoms with Gasteiger partial charge in [-0.1, -0.05) is 90.5 Å². The second kappa shape index (κ2) is 16.2. The molecule has 0 radical (unpaired) electrons. The van der Waals surface area contributed by atoms with Crippen LogP contribution in [0.3, 0.4) is 0 Å². The highest BCUT2D eigenvalue weighted by atomic mass is 19.1. The molecule has 1 aliphatic rings. The highest BCUT2D eigenvalue weighted by molar-refractivity contribution is 5.89. The number of carbonyl (C=O) groups is 1. The van der Waals surface area contributed by atoms with Crippen molar-refractivity contribution in [3.8, 4) is 0 Å². The number of hydrogen-bond donors (Lipinski definition) is 0. The van der Waals surface area contributed by atoms with Crippen LogP contribution in [-0.4, -0.2) is 25.8 Å². The van der Waals surface area contributed by atoms with E-state index < -0.39 is 18.1 Å². The molecule has 1 saturated heterocycles. The van der Waals surface area contributed by atoms with Crippen molar-refractivity contribution in [3.63, 3.8) is 0 Å². The van der Waals surface area contributed by atoms with E-state index in [1.165, 1.54) is 70.3 Å². The van der Waals surface area contributed by atoms with Gasteiger partial charge in [0, 0.05) is 11.5 Å². The summed E-state index contributed by atoms with van der Waals surface area (Å²) in [6, 6.07) is 4.41. The predicted molar refractivity (Wildman–Crippen MR) is 126 cm³/mol. The highest BCUT2D eigenvalue weighted by Crippen LogP contribution is 2.29. The molecule has 1 heterocycles. The molecule has 0 unspecified atom stereocenters. The third kappa shape index (κ3) is 9.99. The van der Waals surface area contributed by atoms with Gasteiger partial charge in [-0.2, -0.15) is 0 Å². The van der Waals surface area contributed by atoms with Crippen molar-refractivity contribution in [2.24, 2.45) is 5.92 Å². The second-order valence-electron chi connectivity index (χ2n) is 9.06. The number of esters is 1. The van der Waals surface area contributed by atoms with Gasteiger partial charge in [-0.3, -0.25) is 0 Å². The zero-order valence-electron chi connectivity index (χ0n) is 20.2. The van der Waals surface area contributed by atoms with E-state index in [4.69, 9.17) is 14.2 Å². The zero-order chi connectivity index (χ0) is 23.0. The Morgan fingerprint density at radius 3 is 2.12 bits per heavy atom. The van der Waals surface area contributed by atoms with E-state index in [9.17, 15) is 9.18 Å². The normalized spacial score (nSPS) is 18.6. The Balaban J connectivity index is 1.67. The molecule has 0 bridgehead atoms. The van der Waals surface area contributed by atoms with E-state index >= 15 is 0 Å². The van der Waals surface area contributed by atoms with Crippen molar-refractivity contribution in [1.82, 2.24) is 0 Å². The lowest BCUT2D eigenvalue weighted by Gasteiger charge is -2.30. The first-order valence-corrected chi connectivity index (χ1v) is 12.9. The maximum Gasteiger partial charge on any atom is 0.338 e. The molecule has 5 heteroatoms. The van der Waals surface area contributed by atoms with E-state index in [-0.39, 0.29) is 5.56 Å². The molecule has 182 valence electrons. The van der Waals surface area contributed by atoms with Crippen molar-refractivity contribution in [2.45, 2.75) is 104 Å². The zero-order valence-corrected chi connectivity index (χ0v) is 20.2. The van der Waals surface area contributed by atoms with Crippen LogP contribution in [0.15, 0.2) is 18.2 Å². The summed E-state index contributed by atoms with van der Waals surface area (Å²) in [5, 5.41) is 0. The number of unbranched alkanes of at least 4 members (excludes halogenated alkanes) is 10. The third-order valence-electron chi connectivity index (χ3n) is 6.15.